The first-order valence-electron chi connectivity index (χ1n) is 9.23. The molecule has 0 radical (unpaired) electrons. The average molecular weight is 422 g/mol. The van der Waals surface area contributed by atoms with E-state index < -0.39 is 11.9 Å². The molecule has 2 heterocycles. The number of carbonyl (C=O) groups is 1. The Kier molecular flexibility index (Phi) is 5.59. The van der Waals surface area contributed by atoms with Gasteiger partial charge in [0.05, 0.1) is 10.5 Å². The zero-order valence-electron chi connectivity index (χ0n) is 16.0. The number of hydrogen-bond donors (Lipinski definition) is 1. The Balaban J connectivity index is 1.57. The van der Waals surface area contributed by atoms with Crippen molar-refractivity contribution in [2.24, 2.45) is 0 Å². The molecular weight excluding hydrogens is 405 g/mol. The summed E-state index contributed by atoms with van der Waals surface area (Å²) in [6.07, 6.45) is 4.13. The average Bonchev–Trinajstić information content (AvgIpc) is 2.74. The summed E-state index contributed by atoms with van der Waals surface area (Å²) >= 11 is 6.23. The number of hydrogen-bond acceptors (Lipinski definition) is 4. The first-order chi connectivity index (χ1) is 14.5. The van der Waals surface area contributed by atoms with Crippen molar-refractivity contribution < 1.29 is 13.9 Å². The third kappa shape index (κ3) is 4.23. The lowest BCUT2D eigenvalue weighted by molar-refractivity contribution is -0.122. The minimum atomic E-state index is -0.717. The Bertz CT molecular complexity index is 1220. The number of benzene rings is 2. The van der Waals surface area contributed by atoms with Gasteiger partial charge in [0.15, 0.2) is 6.10 Å². The number of halogens is 2. The van der Waals surface area contributed by atoms with E-state index in [1.807, 2.05) is 12.1 Å². The molecule has 0 saturated carbocycles. The quantitative estimate of drug-likeness (QED) is 0.462. The van der Waals surface area contributed by atoms with Gasteiger partial charge in [-0.3, -0.25) is 14.8 Å². The van der Waals surface area contributed by atoms with Gasteiger partial charge in [0.25, 0.3) is 5.91 Å². The molecule has 1 amide bonds. The highest BCUT2D eigenvalue weighted by molar-refractivity contribution is 6.33. The lowest BCUT2D eigenvalue weighted by atomic mass is 10.0. The van der Waals surface area contributed by atoms with Gasteiger partial charge in [-0.1, -0.05) is 11.6 Å². The van der Waals surface area contributed by atoms with Crippen molar-refractivity contribution in [1.82, 2.24) is 9.97 Å². The number of pyridine rings is 2. The van der Waals surface area contributed by atoms with E-state index >= 15 is 0 Å². The molecule has 0 aliphatic carbocycles. The third-order valence-corrected chi connectivity index (χ3v) is 4.88. The fourth-order valence-corrected chi connectivity index (χ4v) is 3.35. The van der Waals surface area contributed by atoms with Gasteiger partial charge in [0.1, 0.15) is 11.6 Å². The Morgan fingerprint density at radius 2 is 1.83 bits per heavy atom. The number of fused-ring (bicyclic) bond motifs is 1. The zero-order valence-corrected chi connectivity index (χ0v) is 16.7. The largest absolute Gasteiger partial charge is 0.481 e. The maximum atomic E-state index is 13.4. The Labute approximate surface area is 177 Å². The van der Waals surface area contributed by atoms with E-state index in [1.165, 1.54) is 12.1 Å². The van der Waals surface area contributed by atoms with Crippen molar-refractivity contribution in [2.75, 3.05) is 5.32 Å². The lowest BCUT2D eigenvalue weighted by Crippen LogP contribution is -2.30. The van der Waals surface area contributed by atoms with Crippen LogP contribution in [-0.2, 0) is 4.79 Å². The second-order valence-electron chi connectivity index (χ2n) is 6.65. The highest BCUT2D eigenvalue weighted by Gasteiger charge is 2.16. The van der Waals surface area contributed by atoms with Crippen LogP contribution in [0.5, 0.6) is 5.75 Å². The van der Waals surface area contributed by atoms with Crippen LogP contribution in [0.4, 0.5) is 10.1 Å². The molecule has 4 rings (SSSR count). The van der Waals surface area contributed by atoms with Crippen molar-refractivity contribution >= 4 is 34.1 Å². The first kappa shape index (κ1) is 19.8. The molecule has 0 aliphatic rings. The SMILES string of the molecule is C[C@@H](Oc1ccc2c(-c3ccc(F)cc3Cl)ccnc2c1)C(=O)Nc1ccncc1. The molecule has 7 heteroatoms. The molecule has 0 aliphatic heterocycles. The van der Waals surface area contributed by atoms with Crippen molar-refractivity contribution in [3.8, 4) is 16.9 Å². The Hall–Kier alpha value is -3.51. The van der Waals surface area contributed by atoms with E-state index in [1.54, 1.807) is 55.8 Å². The van der Waals surface area contributed by atoms with Crippen molar-refractivity contribution in [3.05, 3.63) is 84.0 Å². The zero-order chi connectivity index (χ0) is 21.1. The van der Waals surface area contributed by atoms with Gasteiger partial charge in [-0.2, -0.15) is 0 Å². The molecular formula is C23H17ClFN3O2. The van der Waals surface area contributed by atoms with Crippen molar-refractivity contribution in [3.63, 3.8) is 0 Å². The van der Waals surface area contributed by atoms with Gasteiger partial charge in [-0.15, -0.1) is 0 Å². The number of carbonyl (C=O) groups excluding carboxylic acids is 1. The van der Waals surface area contributed by atoms with Gasteiger partial charge >= 0.3 is 0 Å². The summed E-state index contributed by atoms with van der Waals surface area (Å²) in [5.41, 5.74) is 2.86. The smallest absolute Gasteiger partial charge is 0.265 e. The molecule has 30 heavy (non-hydrogen) atoms. The fraction of sp³-hybridized carbons (Fsp3) is 0.0870. The van der Waals surface area contributed by atoms with Crippen LogP contribution < -0.4 is 10.1 Å². The number of anilines is 1. The molecule has 0 saturated heterocycles. The minimum absolute atomic E-state index is 0.277. The maximum absolute atomic E-state index is 13.4. The molecule has 0 bridgehead atoms. The molecule has 0 spiro atoms. The summed E-state index contributed by atoms with van der Waals surface area (Å²) in [5, 5.41) is 3.94. The van der Waals surface area contributed by atoms with Crippen LogP contribution in [0.2, 0.25) is 5.02 Å². The monoisotopic (exact) mass is 421 g/mol. The Morgan fingerprint density at radius 3 is 2.60 bits per heavy atom. The van der Waals surface area contributed by atoms with Gasteiger partial charge in [-0.05, 0) is 61.0 Å². The van der Waals surface area contributed by atoms with E-state index in [9.17, 15) is 9.18 Å². The van der Waals surface area contributed by atoms with E-state index in [2.05, 4.69) is 15.3 Å². The van der Waals surface area contributed by atoms with Crippen LogP contribution in [0.25, 0.3) is 22.0 Å². The topological polar surface area (TPSA) is 64.1 Å². The van der Waals surface area contributed by atoms with Crippen LogP contribution in [0.15, 0.2) is 73.2 Å². The van der Waals surface area contributed by atoms with Gasteiger partial charge in [0, 0.05) is 41.3 Å². The summed E-state index contributed by atoms with van der Waals surface area (Å²) in [5.74, 6) is -0.160. The number of ether oxygens (including phenoxy) is 1. The van der Waals surface area contributed by atoms with E-state index in [0.717, 1.165) is 10.9 Å². The second-order valence-corrected chi connectivity index (χ2v) is 7.05. The number of nitrogens with one attached hydrogen (secondary N) is 1. The normalized spacial score (nSPS) is 11.8. The number of nitrogens with zero attached hydrogens (tertiary/aromatic N) is 2. The molecule has 0 unspecified atom stereocenters. The van der Waals surface area contributed by atoms with Gasteiger partial charge in [-0.25, -0.2) is 4.39 Å². The van der Waals surface area contributed by atoms with Gasteiger partial charge in [0.2, 0.25) is 0 Å². The molecule has 5 nitrogen and oxygen atoms in total. The lowest BCUT2D eigenvalue weighted by Gasteiger charge is -2.15. The predicted octanol–water partition coefficient (Wildman–Crippen LogP) is 5.50. The predicted molar refractivity (Wildman–Crippen MR) is 115 cm³/mol. The maximum Gasteiger partial charge on any atom is 0.265 e. The summed E-state index contributed by atoms with van der Waals surface area (Å²) in [6.45, 7) is 1.67. The van der Waals surface area contributed by atoms with Crippen LogP contribution in [0, 0.1) is 5.82 Å². The van der Waals surface area contributed by atoms with Crippen molar-refractivity contribution in [2.45, 2.75) is 13.0 Å². The molecule has 150 valence electrons. The highest BCUT2D eigenvalue weighted by atomic mass is 35.5. The van der Waals surface area contributed by atoms with Gasteiger partial charge < -0.3 is 10.1 Å². The molecule has 1 atom stereocenters. The molecule has 2 aromatic heterocycles. The van der Waals surface area contributed by atoms with E-state index in [0.29, 0.717) is 27.5 Å². The van der Waals surface area contributed by atoms with E-state index in [4.69, 9.17) is 16.3 Å². The number of aromatic nitrogens is 2. The summed E-state index contributed by atoms with van der Waals surface area (Å²) < 4.78 is 19.2. The molecule has 2 aromatic carbocycles. The minimum Gasteiger partial charge on any atom is -0.481 e. The third-order valence-electron chi connectivity index (χ3n) is 4.57. The summed E-state index contributed by atoms with van der Waals surface area (Å²) in [6, 6.07) is 14.9. The molecule has 1 N–H and O–H groups in total. The highest BCUT2D eigenvalue weighted by Crippen LogP contribution is 2.34. The van der Waals surface area contributed by atoms with Crippen molar-refractivity contribution in [1.29, 1.82) is 0 Å². The second kappa shape index (κ2) is 8.47. The number of rotatable bonds is 5. The standard InChI is InChI=1S/C23H17ClFN3O2/c1-14(23(29)28-16-6-9-26-10-7-16)30-17-3-5-20-18(8-11-27-22(20)13-17)19-4-2-15(25)12-21(19)24/h2-14H,1H3,(H,26,28,29)/t14-/m1/s1. The van der Waals surface area contributed by atoms with E-state index in [-0.39, 0.29) is 5.91 Å². The van der Waals surface area contributed by atoms with Crippen LogP contribution in [-0.4, -0.2) is 22.0 Å². The summed E-state index contributed by atoms with van der Waals surface area (Å²) in [4.78, 5) is 20.7. The summed E-state index contributed by atoms with van der Waals surface area (Å²) in [7, 11) is 0. The molecule has 0 fully saturated rings. The molecule has 4 aromatic rings. The van der Waals surface area contributed by atoms with Crippen LogP contribution in [0.3, 0.4) is 0 Å². The first-order valence-corrected chi connectivity index (χ1v) is 9.61. The number of amides is 1. The van der Waals surface area contributed by atoms with Crippen LogP contribution in [0.1, 0.15) is 6.92 Å². The Morgan fingerprint density at radius 1 is 1.03 bits per heavy atom. The van der Waals surface area contributed by atoms with Crippen LogP contribution >= 0.6 is 11.6 Å². The fourth-order valence-electron chi connectivity index (χ4n) is 3.08.